The van der Waals surface area contributed by atoms with E-state index in [1.165, 1.54) is 12.4 Å². The monoisotopic (exact) mass is 335 g/mol. The van der Waals surface area contributed by atoms with Crippen molar-refractivity contribution in [2.45, 2.75) is 51.4 Å². The van der Waals surface area contributed by atoms with E-state index in [4.69, 9.17) is 4.74 Å². The number of aliphatic hydroxyl groups is 1. The lowest BCUT2D eigenvalue weighted by atomic mass is 10.0. The minimum atomic E-state index is -1.17. The number of aliphatic hydroxyl groups excluding tert-OH is 1. The molecule has 7 nitrogen and oxygen atoms in total. The molecule has 1 aliphatic heterocycles. The topological polar surface area (TPSA) is 91.8 Å². The van der Waals surface area contributed by atoms with Crippen LogP contribution in [0.1, 0.15) is 45.3 Å². The molecule has 2 N–H and O–H groups in total. The van der Waals surface area contributed by atoms with Gasteiger partial charge in [0.15, 0.2) is 0 Å². The highest BCUT2D eigenvalue weighted by Gasteiger charge is 2.35. The average molecular weight is 335 g/mol. The molecule has 1 saturated heterocycles. The zero-order valence-electron chi connectivity index (χ0n) is 14.4. The summed E-state index contributed by atoms with van der Waals surface area (Å²) >= 11 is 0. The van der Waals surface area contributed by atoms with Gasteiger partial charge in [-0.15, -0.1) is 0 Å². The molecule has 2 amide bonds. The fraction of sp³-hybridized carbons (Fsp3) is 0.588. The lowest BCUT2D eigenvalue weighted by Crippen LogP contribution is -2.52. The van der Waals surface area contributed by atoms with Gasteiger partial charge in [0.25, 0.3) is 0 Å². The molecule has 1 aliphatic rings. The summed E-state index contributed by atoms with van der Waals surface area (Å²) in [5, 5.41) is 13.1. The van der Waals surface area contributed by atoms with E-state index in [0.29, 0.717) is 18.7 Å². The number of aromatic nitrogens is 1. The van der Waals surface area contributed by atoms with Crippen molar-refractivity contribution < 1.29 is 19.4 Å². The van der Waals surface area contributed by atoms with Crippen molar-refractivity contribution >= 4 is 12.0 Å². The Kier molecular flexibility index (Phi) is 5.77. The molecule has 0 unspecified atom stereocenters. The number of nitrogens with zero attached hydrogens (tertiary/aromatic N) is 2. The number of hydrogen-bond donors (Lipinski definition) is 2. The van der Waals surface area contributed by atoms with Crippen LogP contribution in [0.4, 0.5) is 4.79 Å². The highest BCUT2D eigenvalue weighted by atomic mass is 16.6. The highest BCUT2D eigenvalue weighted by molar-refractivity contribution is 5.86. The van der Waals surface area contributed by atoms with E-state index in [0.717, 1.165) is 12.8 Å². The van der Waals surface area contributed by atoms with Gasteiger partial charge in [-0.05, 0) is 51.3 Å². The maximum Gasteiger partial charge on any atom is 0.408 e. The van der Waals surface area contributed by atoms with Gasteiger partial charge in [0.1, 0.15) is 17.7 Å². The summed E-state index contributed by atoms with van der Waals surface area (Å²) in [5.41, 5.74) is -0.175. The van der Waals surface area contributed by atoms with Crippen molar-refractivity contribution in [2.75, 3.05) is 13.1 Å². The second kappa shape index (κ2) is 7.61. The van der Waals surface area contributed by atoms with Crippen LogP contribution in [0.5, 0.6) is 0 Å². The molecule has 0 radical (unpaired) electrons. The number of carbonyl (C=O) groups excluding carboxylic acids is 2. The molecule has 0 spiro atoms. The van der Waals surface area contributed by atoms with E-state index in [1.807, 2.05) is 0 Å². The predicted molar refractivity (Wildman–Crippen MR) is 88.2 cm³/mol. The van der Waals surface area contributed by atoms with Crippen molar-refractivity contribution in [3.05, 3.63) is 30.1 Å². The van der Waals surface area contributed by atoms with Gasteiger partial charge in [-0.3, -0.25) is 9.78 Å². The normalized spacial score (nSPS) is 17.2. The molecule has 0 bridgehead atoms. The third kappa shape index (κ3) is 4.92. The van der Waals surface area contributed by atoms with Crippen LogP contribution in [0.3, 0.4) is 0 Å². The first-order chi connectivity index (χ1) is 11.3. The van der Waals surface area contributed by atoms with Crippen molar-refractivity contribution in [1.82, 2.24) is 15.2 Å². The molecule has 1 aromatic rings. The lowest BCUT2D eigenvalue weighted by Gasteiger charge is -2.29. The van der Waals surface area contributed by atoms with Gasteiger partial charge in [0.05, 0.1) is 0 Å². The third-order valence-electron chi connectivity index (χ3n) is 3.72. The van der Waals surface area contributed by atoms with E-state index >= 15 is 0 Å². The van der Waals surface area contributed by atoms with Crippen LogP contribution in [0, 0.1) is 0 Å². The van der Waals surface area contributed by atoms with Gasteiger partial charge in [0.2, 0.25) is 5.91 Å². The molecule has 7 heteroatoms. The van der Waals surface area contributed by atoms with Gasteiger partial charge >= 0.3 is 6.09 Å². The Labute approximate surface area is 142 Å². The molecule has 24 heavy (non-hydrogen) atoms. The van der Waals surface area contributed by atoms with E-state index in [9.17, 15) is 14.7 Å². The van der Waals surface area contributed by atoms with Crippen LogP contribution in [-0.2, 0) is 9.53 Å². The second-order valence-electron chi connectivity index (χ2n) is 6.88. The molecule has 0 aliphatic carbocycles. The summed E-state index contributed by atoms with van der Waals surface area (Å²) in [6.45, 7) is 6.48. The van der Waals surface area contributed by atoms with Gasteiger partial charge in [-0.1, -0.05) is 0 Å². The number of likely N-dealkylation sites (tertiary alicyclic amines) is 1. The van der Waals surface area contributed by atoms with E-state index in [2.05, 4.69) is 10.3 Å². The molecule has 2 rings (SSSR count). The Morgan fingerprint density at radius 2 is 1.83 bits per heavy atom. The lowest BCUT2D eigenvalue weighted by molar-refractivity contribution is -0.135. The standard InChI is InChI=1S/C17H25N3O4/c1-17(2,3)24-16(23)19-13(15(22)20-10-4-5-11-20)14(21)12-6-8-18-9-7-12/h6-9,13-14,21H,4-5,10-11H2,1-3H3,(H,19,23)/t13-,14-/m1/s1. The smallest absolute Gasteiger partial charge is 0.408 e. The summed E-state index contributed by atoms with van der Waals surface area (Å²) < 4.78 is 5.22. The fourth-order valence-electron chi connectivity index (χ4n) is 2.60. The SMILES string of the molecule is CC(C)(C)OC(=O)N[C@@H](C(=O)N1CCCC1)[C@H](O)c1ccncc1. The quantitative estimate of drug-likeness (QED) is 0.872. The number of hydrogen-bond acceptors (Lipinski definition) is 5. The molecule has 2 heterocycles. The zero-order chi connectivity index (χ0) is 17.7. The Bertz CT molecular complexity index is 565. The van der Waals surface area contributed by atoms with Gasteiger partial charge in [0, 0.05) is 25.5 Å². The van der Waals surface area contributed by atoms with E-state index in [-0.39, 0.29) is 5.91 Å². The Morgan fingerprint density at radius 1 is 1.25 bits per heavy atom. The Morgan fingerprint density at radius 3 is 2.38 bits per heavy atom. The number of amides is 2. The maximum absolute atomic E-state index is 12.7. The number of nitrogens with one attached hydrogen (secondary N) is 1. The zero-order valence-corrected chi connectivity index (χ0v) is 14.4. The van der Waals surface area contributed by atoms with Gasteiger partial charge < -0.3 is 20.1 Å². The molecule has 132 valence electrons. The Hall–Kier alpha value is -2.15. The summed E-state index contributed by atoms with van der Waals surface area (Å²) in [4.78, 5) is 30.4. The first-order valence-electron chi connectivity index (χ1n) is 8.14. The molecule has 1 aromatic heterocycles. The average Bonchev–Trinajstić information content (AvgIpc) is 3.05. The molecule has 0 saturated carbocycles. The largest absolute Gasteiger partial charge is 0.444 e. The summed E-state index contributed by atoms with van der Waals surface area (Å²) in [7, 11) is 0. The van der Waals surface area contributed by atoms with Crippen LogP contribution in [0.15, 0.2) is 24.5 Å². The van der Waals surface area contributed by atoms with E-state index in [1.54, 1.807) is 37.8 Å². The summed E-state index contributed by atoms with van der Waals surface area (Å²) in [5.74, 6) is -0.303. The minimum Gasteiger partial charge on any atom is -0.444 e. The molecular weight excluding hydrogens is 310 g/mol. The maximum atomic E-state index is 12.7. The van der Waals surface area contributed by atoms with Crippen molar-refractivity contribution in [3.63, 3.8) is 0 Å². The number of alkyl carbamates (subject to hydrolysis) is 1. The minimum absolute atomic E-state index is 0.303. The first-order valence-corrected chi connectivity index (χ1v) is 8.14. The summed E-state index contributed by atoms with van der Waals surface area (Å²) in [6.07, 6.45) is 3.01. The van der Waals surface area contributed by atoms with Crippen molar-refractivity contribution in [3.8, 4) is 0 Å². The number of pyridine rings is 1. The first kappa shape index (κ1) is 18.2. The highest BCUT2D eigenvalue weighted by Crippen LogP contribution is 2.20. The summed E-state index contributed by atoms with van der Waals surface area (Å²) in [6, 6.07) is 2.14. The van der Waals surface area contributed by atoms with Crippen LogP contribution in [0.25, 0.3) is 0 Å². The van der Waals surface area contributed by atoms with Gasteiger partial charge in [-0.2, -0.15) is 0 Å². The van der Waals surface area contributed by atoms with E-state index < -0.39 is 23.8 Å². The third-order valence-corrected chi connectivity index (χ3v) is 3.72. The molecular formula is C17H25N3O4. The number of carbonyl (C=O) groups is 2. The van der Waals surface area contributed by atoms with Gasteiger partial charge in [-0.25, -0.2) is 4.79 Å². The van der Waals surface area contributed by atoms with Crippen LogP contribution in [-0.4, -0.2) is 51.7 Å². The number of ether oxygens (including phenoxy) is 1. The second-order valence-corrected chi connectivity index (χ2v) is 6.88. The van der Waals surface area contributed by atoms with Crippen LogP contribution < -0.4 is 5.32 Å². The predicted octanol–water partition coefficient (Wildman–Crippen LogP) is 1.63. The Balaban J connectivity index is 2.17. The fourth-order valence-corrected chi connectivity index (χ4v) is 2.60. The molecule has 2 atom stereocenters. The van der Waals surface area contributed by atoms with Crippen molar-refractivity contribution in [1.29, 1.82) is 0 Å². The number of rotatable bonds is 4. The molecule has 1 fully saturated rings. The van der Waals surface area contributed by atoms with Crippen LogP contribution in [0.2, 0.25) is 0 Å². The molecule has 0 aromatic carbocycles. The van der Waals surface area contributed by atoms with Crippen molar-refractivity contribution in [2.24, 2.45) is 0 Å². The van der Waals surface area contributed by atoms with Crippen LogP contribution >= 0.6 is 0 Å².